The van der Waals surface area contributed by atoms with Crippen LogP contribution in [0.2, 0.25) is 0 Å². The Morgan fingerprint density at radius 1 is 1.15 bits per heavy atom. The number of carbonyl (C=O) groups is 1. The molecule has 1 aromatic heterocycles. The van der Waals surface area contributed by atoms with Gasteiger partial charge in [0.1, 0.15) is 5.76 Å². The van der Waals surface area contributed by atoms with Gasteiger partial charge in [-0.25, -0.2) is 0 Å². The minimum atomic E-state index is 0.0308. The molecule has 7 nitrogen and oxygen atoms in total. The van der Waals surface area contributed by atoms with E-state index in [1.807, 2.05) is 36.4 Å². The van der Waals surface area contributed by atoms with Crippen LogP contribution < -0.4 is 10.6 Å². The molecule has 1 amide bonds. The van der Waals surface area contributed by atoms with Gasteiger partial charge in [0.25, 0.3) is 5.91 Å². The molecule has 2 aromatic rings. The van der Waals surface area contributed by atoms with Gasteiger partial charge < -0.3 is 20.1 Å². The molecule has 6 rings (SSSR count). The second-order valence-electron chi connectivity index (χ2n) is 11.7. The molecule has 4 fully saturated rings. The highest BCUT2D eigenvalue weighted by Crippen LogP contribution is 2.49. The maximum atomic E-state index is 13.1. The van der Waals surface area contributed by atoms with E-state index in [0.29, 0.717) is 24.6 Å². The number of likely N-dealkylation sites (tertiary alicyclic amines) is 1. The number of hydrogen-bond donors (Lipinski definition) is 2. The van der Waals surface area contributed by atoms with Crippen molar-refractivity contribution in [2.24, 2.45) is 5.41 Å². The van der Waals surface area contributed by atoms with Crippen LogP contribution in [0.15, 0.2) is 78.5 Å². The van der Waals surface area contributed by atoms with Crippen LogP contribution in [0.1, 0.15) is 60.5 Å². The summed E-state index contributed by atoms with van der Waals surface area (Å²) in [6, 6.07) is 12.8. The lowest BCUT2D eigenvalue weighted by molar-refractivity contribution is -0.0932. The molecule has 0 unspecified atom stereocenters. The standard InChI is InChI=1S/C33H40N4O3/c1-3-29(25-7-12-34-13-8-25)31-30(9-16-40-31)23(2)35-20-24-5-4-6-26(17-24)32(38)36-27-18-33(19-27)10-14-37(15-11-33)28-21-39-22-28/h3-8,12-13,17,27-28,35H,1,9-11,14-16,18-22H2,2H3,(H,36,38)/b30-23+,31-29-. The molecule has 2 N–H and O–H groups in total. The van der Waals surface area contributed by atoms with Gasteiger partial charge in [0.05, 0.1) is 25.9 Å². The fourth-order valence-corrected chi connectivity index (χ4v) is 6.65. The van der Waals surface area contributed by atoms with E-state index in [-0.39, 0.29) is 11.9 Å². The first-order chi connectivity index (χ1) is 19.5. The number of aromatic nitrogens is 1. The number of benzene rings is 1. The highest BCUT2D eigenvalue weighted by molar-refractivity contribution is 5.94. The van der Waals surface area contributed by atoms with Gasteiger partial charge in [-0.2, -0.15) is 0 Å². The Kier molecular flexibility index (Phi) is 7.76. The molecule has 1 saturated carbocycles. The zero-order valence-electron chi connectivity index (χ0n) is 23.5. The molecule has 4 heterocycles. The predicted molar refractivity (Wildman–Crippen MR) is 156 cm³/mol. The fraction of sp³-hybridized carbons (Fsp3) is 0.455. The second-order valence-corrected chi connectivity index (χ2v) is 11.7. The van der Waals surface area contributed by atoms with E-state index in [1.54, 1.807) is 12.4 Å². The summed E-state index contributed by atoms with van der Waals surface area (Å²) in [5, 5.41) is 6.86. The van der Waals surface area contributed by atoms with Crippen LogP contribution in [-0.2, 0) is 16.0 Å². The third kappa shape index (κ3) is 5.58. The number of allylic oxidation sites excluding steroid dienone is 4. The fourth-order valence-electron chi connectivity index (χ4n) is 6.65. The number of ether oxygens (including phenoxy) is 2. The van der Waals surface area contributed by atoms with Gasteiger partial charge in [0.15, 0.2) is 0 Å². The zero-order valence-corrected chi connectivity index (χ0v) is 23.5. The second kappa shape index (κ2) is 11.6. The Balaban J connectivity index is 1.04. The van der Waals surface area contributed by atoms with Crippen molar-refractivity contribution in [3.63, 3.8) is 0 Å². The molecule has 210 valence electrons. The van der Waals surface area contributed by atoms with Gasteiger partial charge in [-0.3, -0.25) is 14.7 Å². The molecular formula is C33H40N4O3. The number of nitrogens with zero attached hydrogens (tertiary/aromatic N) is 2. The number of pyridine rings is 1. The molecule has 3 saturated heterocycles. The number of piperidine rings is 1. The Morgan fingerprint density at radius 3 is 2.62 bits per heavy atom. The number of carbonyl (C=O) groups excluding carboxylic acids is 1. The average Bonchev–Trinajstić information content (AvgIpc) is 3.42. The van der Waals surface area contributed by atoms with Crippen LogP contribution in [-0.4, -0.2) is 60.8 Å². The molecule has 0 radical (unpaired) electrons. The summed E-state index contributed by atoms with van der Waals surface area (Å²) in [5.41, 5.74) is 6.48. The molecule has 1 aromatic carbocycles. The van der Waals surface area contributed by atoms with Gasteiger partial charge in [-0.15, -0.1) is 0 Å². The number of amides is 1. The van der Waals surface area contributed by atoms with Gasteiger partial charge >= 0.3 is 0 Å². The van der Waals surface area contributed by atoms with Gasteiger partial charge in [-0.05, 0) is 86.5 Å². The van der Waals surface area contributed by atoms with Crippen LogP contribution in [0.4, 0.5) is 0 Å². The van der Waals surface area contributed by atoms with Crippen LogP contribution in [0, 0.1) is 5.41 Å². The Morgan fingerprint density at radius 2 is 1.93 bits per heavy atom. The molecule has 40 heavy (non-hydrogen) atoms. The molecular weight excluding hydrogens is 500 g/mol. The lowest BCUT2D eigenvalue weighted by Crippen LogP contribution is -2.58. The van der Waals surface area contributed by atoms with Crippen molar-refractivity contribution < 1.29 is 14.3 Å². The average molecular weight is 541 g/mol. The van der Waals surface area contributed by atoms with E-state index in [1.165, 1.54) is 25.9 Å². The van der Waals surface area contributed by atoms with E-state index in [0.717, 1.165) is 71.8 Å². The normalized spacial score (nSPS) is 23.5. The van der Waals surface area contributed by atoms with Crippen LogP contribution in [0.5, 0.6) is 0 Å². The predicted octanol–water partition coefficient (Wildman–Crippen LogP) is 4.84. The van der Waals surface area contributed by atoms with Gasteiger partial charge in [-0.1, -0.05) is 24.8 Å². The first-order valence-electron chi connectivity index (χ1n) is 14.6. The quantitative estimate of drug-likeness (QED) is 0.499. The van der Waals surface area contributed by atoms with Crippen LogP contribution in [0.25, 0.3) is 5.57 Å². The van der Waals surface area contributed by atoms with E-state index in [2.05, 4.69) is 40.1 Å². The summed E-state index contributed by atoms with van der Waals surface area (Å²) in [6.45, 7) is 11.5. The summed E-state index contributed by atoms with van der Waals surface area (Å²) >= 11 is 0. The summed E-state index contributed by atoms with van der Waals surface area (Å²) in [5.74, 6) is 0.906. The van der Waals surface area contributed by atoms with E-state index < -0.39 is 0 Å². The maximum Gasteiger partial charge on any atom is 0.251 e. The number of nitrogens with one attached hydrogen (secondary N) is 2. The topological polar surface area (TPSA) is 75.7 Å². The first kappa shape index (κ1) is 26.8. The first-order valence-corrected chi connectivity index (χ1v) is 14.6. The van der Waals surface area contributed by atoms with E-state index >= 15 is 0 Å². The van der Waals surface area contributed by atoms with Gasteiger partial charge in [0, 0.05) is 53.8 Å². The highest BCUT2D eigenvalue weighted by Gasteiger charge is 2.47. The maximum absolute atomic E-state index is 13.1. The van der Waals surface area contributed by atoms with Crippen LogP contribution >= 0.6 is 0 Å². The van der Waals surface area contributed by atoms with E-state index in [4.69, 9.17) is 9.47 Å². The van der Waals surface area contributed by atoms with Crippen molar-refractivity contribution >= 4 is 11.5 Å². The van der Waals surface area contributed by atoms with Crippen LogP contribution in [0.3, 0.4) is 0 Å². The minimum absolute atomic E-state index is 0.0308. The molecule has 0 atom stereocenters. The number of rotatable bonds is 8. The molecule has 7 heteroatoms. The third-order valence-electron chi connectivity index (χ3n) is 9.20. The lowest BCUT2D eigenvalue weighted by atomic mass is 9.60. The molecule has 3 aliphatic heterocycles. The summed E-state index contributed by atoms with van der Waals surface area (Å²) in [4.78, 5) is 19.8. The van der Waals surface area contributed by atoms with Crippen molar-refractivity contribution in [1.82, 2.24) is 20.5 Å². The SMILES string of the molecule is C=C/C(=C1/OCC/C1=C(/C)NCc1cccc(C(=O)NC2CC3(CCN(C4COC4)CC3)C2)c1)c1ccncc1. The summed E-state index contributed by atoms with van der Waals surface area (Å²) in [7, 11) is 0. The minimum Gasteiger partial charge on any atom is -0.492 e. The highest BCUT2D eigenvalue weighted by atomic mass is 16.5. The van der Waals surface area contributed by atoms with E-state index in [9.17, 15) is 4.79 Å². The molecule has 0 bridgehead atoms. The van der Waals surface area contributed by atoms with Gasteiger partial charge in [0.2, 0.25) is 0 Å². The number of hydrogen-bond acceptors (Lipinski definition) is 6. The smallest absolute Gasteiger partial charge is 0.251 e. The molecule has 1 spiro atoms. The lowest BCUT2D eigenvalue weighted by Gasteiger charge is -2.54. The zero-order chi connectivity index (χ0) is 27.5. The van der Waals surface area contributed by atoms with Crippen molar-refractivity contribution in [2.45, 2.75) is 57.7 Å². The van der Waals surface area contributed by atoms with Crippen molar-refractivity contribution in [1.29, 1.82) is 0 Å². The Hall–Kier alpha value is -3.42. The molecule has 1 aliphatic carbocycles. The molecule has 4 aliphatic rings. The third-order valence-corrected chi connectivity index (χ3v) is 9.20. The summed E-state index contributed by atoms with van der Waals surface area (Å²) in [6.07, 6.45) is 10.9. The van der Waals surface area contributed by atoms with Crippen molar-refractivity contribution in [3.8, 4) is 0 Å². The van der Waals surface area contributed by atoms with Crippen molar-refractivity contribution in [2.75, 3.05) is 32.9 Å². The largest absolute Gasteiger partial charge is 0.492 e. The monoisotopic (exact) mass is 540 g/mol. The Labute approximate surface area is 237 Å². The van der Waals surface area contributed by atoms with Crippen molar-refractivity contribution in [3.05, 3.63) is 95.2 Å². The Bertz CT molecular complexity index is 1300. The summed E-state index contributed by atoms with van der Waals surface area (Å²) < 4.78 is 11.4.